The van der Waals surface area contributed by atoms with E-state index in [1.807, 2.05) is 41.9 Å². The summed E-state index contributed by atoms with van der Waals surface area (Å²) in [6.45, 7) is 34.8. The van der Waals surface area contributed by atoms with E-state index in [0.717, 1.165) is 87.3 Å². The van der Waals surface area contributed by atoms with E-state index < -0.39 is 23.5 Å². The molecule has 12 heterocycles. The lowest BCUT2D eigenvalue weighted by Gasteiger charge is -2.42. The molecule has 9 aliphatic heterocycles. The molecule has 36 heteroatoms. The van der Waals surface area contributed by atoms with Gasteiger partial charge in [-0.3, -0.25) is 14.4 Å². The molecule has 0 saturated carbocycles. The largest absolute Gasteiger partial charge is 0.462 e. The SMILES string of the molecule is C=CC(=O)N1CCN(c2nc(OC[C@@H]3CCCN3C)nc3c2CCN(c2cccc4ccccc24)C3)CC1COC.[C-]#[N+]C[C@H]1CN(c2nc(OC[C@@H]3CCCN3C)nc3c2CCN(c2cccc(Cl)c2C(F)(F)F)C3)CCN1C(=O)/C=C/CN(C)C.[C-]#[N+]C[C@H]1CN(c2nc(OC[C@@H]3CCCN3C)nc3c2CCN(c2cccc(Cl)c2C(F)(F)F)C3)CCN1C(=O)C=C. The summed E-state index contributed by atoms with van der Waals surface area (Å²) < 4.78 is 108. The number of rotatable bonds is 24. The number of likely N-dealkylation sites (tertiary alicyclic amines) is 3. The topological polar surface area (TPSA) is 216 Å². The molecule has 129 heavy (non-hydrogen) atoms. The van der Waals surface area contributed by atoms with Gasteiger partial charge < -0.3 is 92.3 Å². The third-order valence-corrected chi connectivity index (χ3v) is 26.5. The lowest BCUT2D eigenvalue weighted by atomic mass is 10.0. The van der Waals surface area contributed by atoms with Crippen molar-refractivity contribution in [1.82, 2.24) is 64.2 Å². The minimum Gasteiger partial charge on any atom is -0.462 e. The fourth-order valence-electron chi connectivity index (χ4n) is 19.0. The van der Waals surface area contributed by atoms with Crippen LogP contribution >= 0.6 is 23.2 Å². The maximum atomic E-state index is 14.1. The molecule has 0 bridgehead atoms. The zero-order valence-electron chi connectivity index (χ0n) is 74.0. The number of hydrogen-bond donors (Lipinski definition) is 0. The summed E-state index contributed by atoms with van der Waals surface area (Å²) in [5.41, 5.74) is 4.53. The van der Waals surface area contributed by atoms with Crippen molar-refractivity contribution in [1.29, 1.82) is 0 Å². The van der Waals surface area contributed by atoms with E-state index >= 15 is 0 Å². The van der Waals surface area contributed by atoms with Gasteiger partial charge in [0.05, 0.1) is 81.9 Å². The Hall–Kier alpha value is -10.9. The normalized spacial score (nSPS) is 21.1. The van der Waals surface area contributed by atoms with E-state index in [2.05, 4.69) is 109 Å². The molecule has 16 rings (SSSR count). The van der Waals surface area contributed by atoms with Crippen LogP contribution in [0.15, 0.2) is 116 Å². The summed E-state index contributed by atoms with van der Waals surface area (Å²) in [5.74, 6) is 1.78. The molecule has 28 nitrogen and oxygen atoms in total. The van der Waals surface area contributed by atoms with Gasteiger partial charge in [-0.2, -0.15) is 56.2 Å². The molecule has 4 aromatic carbocycles. The van der Waals surface area contributed by atoms with Crippen LogP contribution in [-0.4, -0.2) is 305 Å². The summed E-state index contributed by atoms with van der Waals surface area (Å²) in [6, 6.07) is 24.2. The minimum atomic E-state index is -4.62. The fraction of sp³-hybridized carbons (Fsp3) is 0.516. The number of benzene rings is 4. The predicted octanol–water partition coefficient (Wildman–Crippen LogP) is 12.1. The molecule has 9 aliphatic rings. The molecule has 1 unspecified atom stereocenters. The molecular formula is C93H113Cl2F6N21O7. The Balaban J connectivity index is 0.000000157. The molecule has 0 spiro atoms. The Labute approximate surface area is 760 Å². The molecule has 3 aromatic heterocycles. The Morgan fingerprint density at radius 1 is 0.473 bits per heavy atom. The fourth-order valence-corrected chi connectivity index (χ4v) is 19.6. The average molecular weight is 1820 g/mol. The smallest absolute Gasteiger partial charge is 0.419 e. The van der Waals surface area contributed by atoms with Crippen LogP contribution < -0.4 is 43.6 Å². The lowest BCUT2D eigenvalue weighted by molar-refractivity contribution is -0.137. The number of alkyl halides is 6. The molecule has 0 N–H and O–H groups in total. The van der Waals surface area contributed by atoms with Crippen molar-refractivity contribution in [3.8, 4) is 18.0 Å². The highest BCUT2D eigenvalue weighted by Gasteiger charge is 2.44. The molecule has 688 valence electrons. The number of nitrogens with zero attached hydrogens (tertiary/aromatic N) is 21. The van der Waals surface area contributed by atoms with Crippen molar-refractivity contribution in [3.63, 3.8) is 0 Å². The Morgan fingerprint density at radius 2 is 0.845 bits per heavy atom. The highest BCUT2D eigenvalue weighted by atomic mass is 35.5. The number of methoxy groups -OCH3 is 1. The van der Waals surface area contributed by atoms with Crippen molar-refractivity contribution in [2.75, 3.05) is 216 Å². The van der Waals surface area contributed by atoms with Crippen LogP contribution in [0.5, 0.6) is 18.0 Å². The van der Waals surface area contributed by atoms with Crippen LogP contribution in [0.3, 0.4) is 0 Å². The van der Waals surface area contributed by atoms with Gasteiger partial charge in [0.2, 0.25) is 30.8 Å². The van der Waals surface area contributed by atoms with Crippen LogP contribution in [-0.2, 0) is 70.4 Å². The molecule has 6 fully saturated rings. The molecule has 3 amide bonds. The van der Waals surface area contributed by atoms with E-state index in [4.69, 9.17) is 85.2 Å². The first-order valence-corrected chi connectivity index (χ1v) is 44.9. The highest BCUT2D eigenvalue weighted by molar-refractivity contribution is 6.32. The van der Waals surface area contributed by atoms with E-state index in [-0.39, 0.29) is 108 Å². The first kappa shape index (κ1) is 94.3. The van der Waals surface area contributed by atoms with Gasteiger partial charge in [0.15, 0.2) is 0 Å². The van der Waals surface area contributed by atoms with Gasteiger partial charge in [0.25, 0.3) is 0 Å². The predicted molar refractivity (Wildman–Crippen MR) is 487 cm³/mol. The number of carbonyl (C=O) groups is 3. The van der Waals surface area contributed by atoms with Crippen molar-refractivity contribution in [3.05, 3.63) is 194 Å². The second-order valence-corrected chi connectivity index (χ2v) is 35.2. The van der Waals surface area contributed by atoms with Gasteiger partial charge in [0, 0.05) is 144 Å². The number of ether oxygens (including phenoxy) is 4. The van der Waals surface area contributed by atoms with Crippen LogP contribution in [0, 0.1) is 13.1 Å². The lowest BCUT2D eigenvalue weighted by Crippen LogP contribution is -2.57. The van der Waals surface area contributed by atoms with Crippen LogP contribution in [0.25, 0.3) is 20.5 Å². The van der Waals surface area contributed by atoms with Gasteiger partial charge in [-0.25, -0.2) is 13.1 Å². The minimum absolute atomic E-state index is 0.00420. The third-order valence-electron chi connectivity index (χ3n) is 25.9. The summed E-state index contributed by atoms with van der Waals surface area (Å²) >= 11 is 12.1. The molecular weight excluding hydrogens is 1710 g/mol. The number of amides is 3. The zero-order chi connectivity index (χ0) is 91.4. The number of piperazine rings is 3. The standard InChI is InChI=1S/C32H40ClF3N8O2.C32H40N6O3.C29H33ClF3N7O2/c1-37-18-23-19-43(16-17-44(23)28(45)11-7-13-40(2)3)30-24-12-15-42(27-10-5-9-25(33)29(27)32(34,35)36)20-26(24)38-31(39-30)46-21-22-8-6-14-41(22)4;1-4-30(39)38-18-17-37(19-25(38)21-40-3)31-27-14-16-36(29-13-7-10-23-9-5-6-12-26(23)29)20-28(27)33-32(34-31)41-22-24-11-8-15-35(24)2;1-4-25(41)40-14-13-39(16-20(40)15-34-2)27-21-10-12-38(24-9-5-8-22(30)26(24)29(31,32)33)17-23(21)35-28(36-27)42-18-19-7-6-11-37(19)3/h5,7,9-11,22-23H,6,8,12-21H2,2-4H3;4-7,9-10,12-13,24-25H,1,8,11,14-22H2,2-3H3;4-5,8-9,19-20H,1,6-7,10-18H2,3H3/b11-7+;;/t22-,23-;24-,25?;19-,20-/m000/s1. The van der Waals surface area contributed by atoms with Crippen LogP contribution in [0.4, 0.5) is 60.9 Å². The first-order chi connectivity index (χ1) is 62.1. The number of carbonyl (C=O) groups excluding carboxylic acids is 3. The van der Waals surface area contributed by atoms with Gasteiger partial charge in [-0.05, 0) is 161 Å². The summed E-state index contributed by atoms with van der Waals surface area (Å²) in [5, 5.41) is 1.79. The first-order valence-electron chi connectivity index (χ1n) is 44.1. The Kier molecular flexibility index (Phi) is 31.0. The number of anilines is 6. The molecule has 7 aromatic rings. The monoisotopic (exact) mass is 1820 g/mol. The van der Waals surface area contributed by atoms with E-state index in [0.29, 0.717) is 159 Å². The van der Waals surface area contributed by atoms with Gasteiger partial charge >= 0.3 is 30.4 Å². The second kappa shape index (κ2) is 42.4. The molecule has 0 aliphatic carbocycles. The number of aromatic nitrogens is 6. The van der Waals surface area contributed by atoms with Crippen molar-refractivity contribution in [2.45, 2.75) is 126 Å². The second-order valence-electron chi connectivity index (χ2n) is 34.4. The number of hydrogen-bond acceptors (Lipinski definition) is 23. The molecule has 0 radical (unpaired) electrons. The van der Waals surface area contributed by atoms with E-state index in [1.54, 1.807) is 32.8 Å². The molecule has 6 atom stereocenters. The van der Waals surface area contributed by atoms with Gasteiger partial charge in [-0.15, -0.1) is 0 Å². The Bertz CT molecular complexity index is 5290. The summed E-state index contributed by atoms with van der Waals surface area (Å²) in [4.78, 5) is 100. The van der Waals surface area contributed by atoms with Gasteiger partial charge in [-0.1, -0.05) is 91.0 Å². The quantitative estimate of drug-likeness (QED) is 0.0312. The zero-order valence-corrected chi connectivity index (χ0v) is 75.5. The number of fused-ring (bicyclic) bond motifs is 4. The van der Waals surface area contributed by atoms with Crippen LogP contribution in [0.2, 0.25) is 10.0 Å². The number of halogens is 8. The van der Waals surface area contributed by atoms with Crippen LogP contribution in [0.1, 0.15) is 83.4 Å². The third kappa shape index (κ3) is 22.3. The maximum absolute atomic E-state index is 14.1. The molecule has 6 saturated heterocycles. The van der Waals surface area contributed by atoms with E-state index in [9.17, 15) is 40.7 Å². The Morgan fingerprint density at radius 3 is 1.22 bits per heavy atom. The summed E-state index contributed by atoms with van der Waals surface area (Å²) in [6.07, 6.45) is 4.87. The maximum Gasteiger partial charge on any atom is 0.419 e. The van der Waals surface area contributed by atoms with Crippen molar-refractivity contribution >= 4 is 86.2 Å². The highest BCUT2D eigenvalue weighted by Crippen LogP contribution is 2.46. The van der Waals surface area contributed by atoms with Crippen molar-refractivity contribution < 1.29 is 59.7 Å². The van der Waals surface area contributed by atoms with E-state index in [1.165, 1.54) is 77.0 Å². The van der Waals surface area contributed by atoms with Crippen molar-refractivity contribution in [2.24, 2.45) is 0 Å². The number of likely N-dealkylation sites (N-methyl/N-ethyl adjacent to an activating group) is 4. The van der Waals surface area contributed by atoms with Gasteiger partial charge in [0.1, 0.15) is 49.4 Å². The average Bonchev–Trinajstić information content (AvgIpc) is 0.836. The summed E-state index contributed by atoms with van der Waals surface area (Å²) in [7, 11) is 11.8.